The molecule has 0 saturated carbocycles. The van der Waals surface area contributed by atoms with Gasteiger partial charge in [-0.25, -0.2) is 12.7 Å². The van der Waals surface area contributed by atoms with E-state index < -0.39 is 10.0 Å². The molecule has 0 aliphatic carbocycles. The molecule has 178 valence electrons. The van der Waals surface area contributed by atoms with E-state index in [4.69, 9.17) is 4.74 Å². The van der Waals surface area contributed by atoms with Gasteiger partial charge in [-0.2, -0.15) is 5.10 Å². The van der Waals surface area contributed by atoms with E-state index in [1.165, 1.54) is 16.0 Å². The number of Topliss-reactive ketones (excluding diaryl/α,β-unsaturated/α-hetero) is 1. The number of hydrogen-bond donors (Lipinski definition) is 0. The van der Waals surface area contributed by atoms with Gasteiger partial charge in [-0.05, 0) is 65.0 Å². The maximum Gasteiger partial charge on any atom is 0.246 e. The van der Waals surface area contributed by atoms with E-state index in [1.807, 2.05) is 55.7 Å². The molecule has 0 aliphatic heterocycles. The van der Waals surface area contributed by atoms with Crippen LogP contribution in [0.1, 0.15) is 47.0 Å². The molecule has 0 N–H and O–H groups in total. The van der Waals surface area contributed by atoms with Gasteiger partial charge in [-0.15, -0.1) is 0 Å². The number of ether oxygens (including phenoxy) is 1. The summed E-state index contributed by atoms with van der Waals surface area (Å²) < 4.78 is 36.0. The van der Waals surface area contributed by atoms with Crippen LogP contribution in [0.2, 0.25) is 0 Å². The van der Waals surface area contributed by atoms with Gasteiger partial charge in [-0.3, -0.25) is 9.48 Å². The second-order valence-electron chi connectivity index (χ2n) is 8.05. The lowest BCUT2D eigenvalue weighted by atomic mass is 10.1. The molecule has 8 nitrogen and oxygen atoms in total. The SMILES string of the molecule is CCOc1ccc(-n2c(C)cc(C(=O)Cn3nc(C)c(S(=O)(=O)N(C)CC)c3C)c2C)cc1. The molecule has 2 aromatic heterocycles. The molecule has 0 radical (unpaired) electrons. The van der Waals surface area contributed by atoms with Crippen LogP contribution in [0.5, 0.6) is 5.75 Å². The number of carbonyl (C=O) groups excluding carboxylic acids is 1. The van der Waals surface area contributed by atoms with E-state index in [1.54, 1.807) is 20.8 Å². The van der Waals surface area contributed by atoms with Crippen LogP contribution in [0, 0.1) is 27.7 Å². The van der Waals surface area contributed by atoms with Gasteiger partial charge in [0, 0.05) is 36.2 Å². The summed E-state index contributed by atoms with van der Waals surface area (Å²) in [6.45, 7) is 11.8. The summed E-state index contributed by atoms with van der Waals surface area (Å²) in [6.07, 6.45) is 0. The van der Waals surface area contributed by atoms with Crippen LogP contribution in [0.3, 0.4) is 0 Å². The average molecular weight is 473 g/mol. The lowest BCUT2D eigenvalue weighted by Crippen LogP contribution is -2.27. The number of benzene rings is 1. The van der Waals surface area contributed by atoms with Gasteiger partial charge < -0.3 is 9.30 Å². The summed E-state index contributed by atoms with van der Waals surface area (Å²) in [7, 11) is -2.13. The molecule has 2 heterocycles. The quantitative estimate of drug-likeness (QED) is 0.442. The van der Waals surface area contributed by atoms with Crippen LogP contribution in [0.25, 0.3) is 5.69 Å². The predicted octanol–water partition coefficient (Wildman–Crippen LogP) is 3.83. The van der Waals surface area contributed by atoms with Crippen molar-refractivity contribution in [1.29, 1.82) is 0 Å². The Morgan fingerprint density at radius 1 is 1.06 bits per heavy atom. The summed E-state index contributed by atoms with van der Waals surface area (Å²) in [6, 6.07) is 9.60. The number of carbonyl (C=O) groups is 1. The van der Waals surface area contributed by atoms with Gasteiger partial charge in [0.15, 0.2) is 5.78 Å². The second-order valence-corrected chi connectivity index (χ2v) is 10.0. The minimum Gasteiger partial charge on any atom is -0.494 e. The molecular formula is C24H32N4O4S. The van der Waals surface area contributed by atoms with Gasteiger partial charge >= 0.3 is 0 Å². The molecular weight excluding hydrogens is 440 g/mol. The van der Waals surface area contributed by atoms with Crippen LogP contribution >= 0.6 is 0 Å². The first-order valence-corrected chi connectivity index (χ1v) is 12.4. The molecule has 3 aromatic rings. The standard InChI is InChI=1S/C24H32N4O4S/c1-8-26(7)33(30,31)24-17(4)25-27(19(24)6)15-23(29)22-14-16(3)28(18(22)5)20-10-12-21(13-11-20)32-9-2/h10-14H,8-9,15H2,1-7H3. The van der Waals surface area contributed by atoms with E-state index in [2.05, 4.69) is 5.10 Å². The van der Waals surface area contributed by atoms with Crippen molar-refractivity contribution in [3.05, 3.63) is 58.7 Å². The largest absolute Gasteiger partial charge is 0.494 e. The molecule has 0 bridgehead atoms. The molecule has 0 unspecified atom stereocenters. The Hall–Kier alpha value is -2.91. The van der Waals surface area contributed by atoms with Gasteiger partial charge in [-0.1, -0.05) is 6.92 Å². The minimum atomic E-state index is -3.66. The van der Waals surface area contributed by atoms with Crippen molar-refractivity contribution < 1.29 is 17.9 Å². The third kappa shape index (κ3) is 4.60. The first-order valence-electron chi connectivity index (χ1n) is 11.0. The van der Waals surface area contributed by atoms with Crippen molar-refractivity contribution in [2.75, 3.05) is 20.2 Å². The van der Waals surface area contributed by atoms with Crippen LogP contribution in [-0.4, -0.2) is 53.1 Å². The molecule has 0 aliphatic rings. The van der Waals surface area contributed by atoms with Crippen molar-refractivity contribution in [2.24, 2.45) is 0 Å². The maximum absolute atomic E-state index is 13.2. The smallest absolute Gasteiger partial charge is 0.246 e. The number of aromatic nitrogens is 3. The van der Waals surface area contributed by atoms with Crippen molar-refractivity contribution in [1.82, 2.24) is 18.7 Å². The third-order valence-electron chi connectivity index (χ3n) is 5.86. The minimum absolute atomic E-state index is 0.0361. The van der Waals surface area contributed by atoms with Crippen LogP contribution in [-0.2, 0) is 16.6 Å². The lowest BCUT2D eigenvalue weighted by molar-refractivity contribution is 0.0966. The Kier molecular flexibility index (Phi) is 7.14. The summed E-state index contributed by atoms with van der Waals surface area (Å²) in [4.78, 5) is 13.4. The molecule has 0 spiro atoms. The van der Waals surface area contributed by atoms with Gasteiger partial charge in [0.05, 0.1) is 18.0 Å². The van der Waals surface area contributed by atoms with E-state index >= 15 is 0 Å². The number of aryl methyl sites for hydroxylation is 2. The number of hydrogen-bond acceptors (Lipinski definition) is 5. The zero-order valence-electron chi connectivity index (χ0n) is 20.3. The number of sulfonamides is 1. The Labute approximate surface area is 195 Å². The number of nitrogens with zero attached hydrogens (tertiary/aromatic N) is 4. The molecule has 0 atom stereocenters. The molecule has 0 saturated heterocycles. The Bertz CT molecular complexity index is 1270. The summed E-state index contributed by atoms with van der Waals surface area (Å²) >= 11 is 0. The predicted molar refractivity (Wildman–Crippen MR) is 128 cm³/mol. The molecule has 33 heavy (non-hydrogen) atoms. The molecule has 0 fully saturated rings. The average Bonchev–Trinajstić information content (AvgIpc) is 3.22. The maximum atomic E-state index is 13.2. The van der Waals surface area contributed by atoms with Crippen LogP contribution in [0.15, 0.2) is 35.2 Å². The fourth-order valence-corrected chi connectivity index (χ4v) is 5.60. The first-order chi connectivity index (χ1) is 15.5. The topological polar surface area (TPSA) is 86.4 Å². The van der Waals surface area contributed by atoms with Crippen LogP contribution in [0.4, 0.5) is 0 Å². The first kappa shape index (κ1) is 24.7. The van der Waals surface area contributed by atoms with Crippen molar-refractivity contribution in [3.8, 4) is 11.4 Å². The number of ketones is 1. The summed E-state index contributed by atoms with van der Waals surface area (Å²) in [5, 5.41) is 4.37. The molecule has 3 rings (SSSR count). The summed E-state index contributed by atoms with van der Waals surface area (Å²) in [5.41, 5.74) is 4.13. The van der Waals surface area contributed by atoms with Gasteiger partial charge in [0.1, 0.15) is 17.2 Å². The lowest BCUT2D eigenvalue weighted by Gasteiger charge is -2.15. The molecule has 0 amide bonds. The van der Waals surface area contributed by atoms with Crippen LogP contribution < -0.4 is 4.74 Å². The Balaban J connectivity index is 1.92. The van der Waals surface area contributed by atoms with Crippen molar-refractivity contribution >= 4 is 15.8 Å². The highest BCUT2D eigenvalue weighted by Crippen LogP contribution is 2.26. The highest BCUT2D eigenvalue weighted by Gasteiger charge is 2.29. The molecule has 9 heteroatoms. The number of rotatable bonds is 9. The zero-order chi connectivity index (χ0) is 24.5. The second kappa shape index (κ2) is 9.52. The summed E-state index contributed by atoms with van der Waals surface area (Å²) in [5.74, 6) is 0.669. The third-order valence-corrected chi connectivity index (χ3v) is 8.05. The normalized spacial score (nSPS) is 11.9. The van der Waals surface area contributed by atoms with Crippen molar-refractivity contribution in [3.63, 3.8) is 0 Å². The van der Waals surface area contributed by atoms with E-state index in [0.717, 1.165) is 22.8 Å². The van der Waals surface area contributed by atoms with Gasteiger partial charge in [0.2, 0.25) is 10.0 Å². The Morgan fingerprint density at radius 3 is 2.27 bits per heavy atom. The van der Waals surface area contributed by atoms with Gasteiger partial charge in [0.25, 0.3) is 0 Å². The Morgan fingerprint density at radius 2 is 1.70 bits per heavy atom. The highest BCUT2D eigenvalue weighted by molar-refractivity contribution is 7.89. The monoisotopic (exact) mass is 472 g/mol. The highest BCUT2D eigenvalue weighted by atomic mass is 32.2. The van der Waals surface area contributed by atoms with Crippen molar-refractivity contribution in [2.45, 2.75) is 53.0 Å². The fraction of sp³-hybridized carbons (Fsp3) is 0.417. The zero-order valence-corrected chi connectivity index (χ0v) is 21.2. The van der Waals surface area contributed by atoms with E-state index in [9.17, 15) is 13.2 Å². The van der Waals surface area contributed by atoms with E-state index in [0.29, 0.717) is 30.1 Å². The fourth-order valence-electron chi connectivity index (χ4n) is 4.06. The molecule has 1 aromatic carbocycles. The van der Waals surface area contributed by atoms with E-state index in [-0.39, 0.29) is 17.2 Å².